The van der Waals surface area contributed by atoms with E-state index in [9.17, 15) is 14.7 Å². The van der Waals surface area contributed by atoms with E-state index in [1.54, 1.807) is 80.6 Å². The van der Waals surface area contributed by atoms with E-state index in [1.165, 1.54) is 15.4 Å². The molecular formula is C27H22Cl2N4O3. The minimum absolute atomic E-state index is 0.0314. The lowest BCUT2D eigenvalue weighted by Gasteiger charge is -2.17. The SMILES string of the molecule is Cc1[nH]n(-c2ccccc2Cl)c(=O)c1C(c1ccccc1O)c1c(C)[nH]n(-c2ccccc2Cl)c1=O. The van der Waals surface area contributed by atoms with Gasteiger partial charge in [0.25, 0.3) is 11.1 Å². The summed E-state index contributed by atoms with van der Waals surface area (Å²) in [5.74, 6) is -0.901. The zero-order chi connectivity index (χ0) is 25.6. The van der Waals surface area contributed by atoms with Crippen LogP contribution in [0.15, 0.2) is 82.4 Å². The number of phenols is 1. The van der Waals surface area contributed by atoms with Gasteiger partial charge in [0, 0.05) is 17.0 Å². The topological polar surface area (TPSA) is 95.8 Å². The molecule has 182 valence electrons. The second-order valence-electron chi connectivity index (χ2n) is 8.48. The monoisotopic (exact) mass is 520 g/mol. The summed E-state index contributed by atoms with van der Waals surface area (Å²) in [6, 6.07) is 20.6. The van der Waals surface area contributed by atoms with Crippen molar-refractivity contribution in [3.63, 3.8) is 0 Å². The number of aromatic hydroxyl groups is 1. The molecule has 0 bridgehead atoms. The summed E-state index contributed by atoms with van der Waals surface area (Å²) in [4.78, 5) is 27.7. The summed E-state index contributed by atoms with van der Waals surface area (Å²) < 4.78 is 2.71. The number of rotatable bonds is 5. The van der Waals surface area contributed by atoms with Gasteiger partial charge in [0.15, 0.2) is 0 Å². The molecule has 0 aliphatic carbocycles. The molecule has 0 radical (unpaired) electrons. The molecule has 5 aromatic rings. The summed E-state index contributed by atoms with van der Waals surface area (Å²) in [5, 5.41) is 17.8. The first kappa shape index (κ1) is 23.8. The smallest absolute Gasteiger partial charge is 0.275 e. The summed E-state index contributed by atoms with van der Waals surface area (Å²) in [6.07, 6.45) is 0. The van der Waals surface area contributed by atoms with Crippen LogP contribution >= 0.6 is 23.2 Å². The maximum Gasteiger partial charge on any atom is 0.275 e. The Balaban J connectivity index is 1.81. The first-order valence-electron chi connectivity index (χ1n) is 11.2. The van der Waals surface area contributed by atoms with Crippen molar-refractivity contribution in [2.75, 3.05) is 0 Å². The van der Waals surface area contributed by atoms with Crippen LogP contribution in [0.4, 0.5) is 0 Å². The van der Waals surface area contributed by atoms with Crippen LogP contribution < -0.4 is 11.1 Å². The van der Waals surface area contributed by atoms with E-state index in [1.807, 2.05) is 0 Å². The van der Waals surface area contributed by atoms with E-state index in [0.29, 0.717) is 49.5 Å². The Hall–Kier alpha value is -3.94. The van der Waals surface area contributed by atoms with Crippen molar-refractivity contribution in [3.05, 3.63) is 132 Å². The zero-order valence-corrected chi connectivity index (χ0v) is 20.9. The Labute approximate surface area is 216 Å². The Morgan fingerprint density at radius 3 is 1.56 bits per heavy atom. The minimum atomic E-state index is -0.869. The molecule has 3 aromatic carbocycles. The van der Waals surface area contributed by atoms with Gasteiger partial charge in [0.2, 0.25) is 0 Å². The lowest BCUT2D eigenvalue weighted by Crippen LogP contribution is -2.25. The van der Waals surface area contributed by atoms with Crippen molar-refractivity contribution >= 4 is 23.2 Å². The fourth-order valence-electron chi connectivity index (χ4n) is 4.59. The molecule has 7 nitrogen and oxygen atoms in total. The zero-order valence-electron chi connectivity index (χ0n) is 19.4. The van der Waals surface area contributed by atoms with Crippen LogP contribution in [0.25, 0.3) is 11.4 Å². The number of nitrogens with zero attached hydrogens (tertiary/aromatic N) is 2. The second-order valence-corrected chi connectivity index (χ2v) is 9.29. The van der Waals surface area contributed by atoms with Gasteiger partial charge >= 0.3 is 0 Å². The number of aromatic amines is 2. The summed E-state index contributed by atoms with van der Waals surface area (Å²) in [7, 11) is 0. The third kappa shape index (κ3) is 3.86. The maximum absolute atomic E-state index is 13.8. The average Bonchev–Trinajstić information content (AvgIpc) is 3.31. The number of aryl methyl sites for hydroxylation is 2. The van der Waals surface area contributed by atoms with E-state index in [4.69, 9.17) is 23.2 Å². The molecular weight excluding hydrogens is 499 g/mol. The number of hydrogen-bond acceptors (Lipinski definition) is 3. The highest BCUT2D eigenvalue weighted by molar-refractivity contribution is 6.32. The van der Waals surface area contributed by atoms with Gasteiger partial charge in [-0.3, -0.25) is 19.8 Å². The number of hydrogen-bond donors (Lipinski definition) is 3. The number of aromatic nitrogens is 4. The first-order valence-corrected chi connectivity index (χ1v) is 12.0. The van der Waals surface area contributed by atoms with Crippen molar-refractivity contribution in [2.24, 2.45) is 0 Å². The van der Waals surface area contributed by atoms with E-state index >= 15 is 0 Å². The van der Waals surface area contributed by atoms with Gasteiger partial charge in [-0.25, -0.2) is 9.36 Å². The van der Waals surface area contributed by atoms with E-state index in [-0.39, 0.29) is 16.9 Å². The summed E-state index contributed by atoms with van der Waals surface area (Å²) in [5.41, 5.74) is 2.35. The van der Waals surface area contributed by atoms with Gasteiger partial charge in [0.05, 0.1) is 38.5 Å². The van der Waals surface area contributed by atoms with E-state index < -0.39 is 5.92 Å². The highest BCUT2D eigenvalue weighted by Gasteiger charge is 2.32. The molecule has 0 amide bonds. The van der Waals surface area contributed by atoms with Crippen molar-refractivity contribution in [2.45, 2.75) is 19.8 Å². The Kier molecular flexibility index (Phi) is 6.12. The predicted octanol–water partition coefficient (Wildman–Crippen LogP) is 5.45. The highest BCUT2D eigenvalue weighted by Crippen LogP contribution is 2.37. The van der Waals surface area contributed by atoms with Gasteiger partial charge in [-0.05, 0) is 44.2 Å². The molecule has 0 spiro atoms. The first-order chi connectivity index (χ1) is 17.3. The summed E-state index contributed by atoms with van der Waals surface area (Å²) >= 11 is 12.8. The molecule has 0 fully saturated rings. The number of H-pyrrole nitrogens is 2. The van der Waals surface area contributed by atoms with Crippen molar-refractivity contribution in [1.82, 2.24) is 19.6 Å². The molecule has 0 unspecified atom stereocenters. The molecule has 3 N–H and O–H groups in total. The van der Waals surface area contributed by atoms with E-state index in [0.717, 1.165) is 0 Å². The summed E-state index contributed by atoms with van der Waals surface area (Å²) in [6.45, 7) is 3.51. The number of nitrogens with one attached hydrogen (secondary N) is 2. The van der Waals surface area contributed by atoms with Crippen molar-refractivity contribution in [1.29, 1.82) is 0 Å². The third-order valence-electron chi connectivity index (χ3n) is 6.25. The van der Waals surface area contributed by atoms with Crippen LogP contribution in [0.3, 0.4) is 0 Å². The van der Waals surface area contributed by atoms with Gasteiger partial charge < -0.3 is 5.11 Å². The van der Waals surface area contributed by atoms with Crippen LogP contribution in [-0.2, 0) is 0 Å². The van der Waals surface area contributed by atoms with Crippen molar-refractivity contribution in [3.8, 4) is 17.1 Å². The van der Waals surface area contributed by atoms with Crippen molar-refractivity contribution < 1.29 is 5.11 Å². The molecule has 9 heteroatoms. The lowest BCUT2D eigenvalue weighted by atomic mass is 9.85. The third-order valence-corrected chi connectivity index (χ3v) is 6.89. The highest BCUT2D eigenvalue weighted by atomic mass is 35.5. The number of halogens is 2. The van der Waals surface area contributed by atoms with E-state index in [2.05, 4.69) is 10.2 Å². The standard InChI is InChI=1S/C27H22Cl2N4O3/c1-15-23(26(35)32(30-15)20-12-6-4-10-18(20)28)25(17-9-3-8-14-22(17)34)24-16(2)31-33(27(24)36)21-13-7-5-11-19(21)29/h3-14,25,30-31,34H,1-2H3. The predicted molar refractivity (Wildman–Crippen MR) is 141 cm³/mol. The lowest BCUT2D eigenvalue weighted by molar-refractivity contribution is 0.467. The molecule has 0 saturated carbocycles. The van der Waals surface area contributed by atoms with Gasteiger partial charge in [-0.15, -0.1) is 0 Å². The molecule has 2 heterocycles. The minimum Gasteiger partial charge on any atom is -0.508 e. The molecule has 0 atom stereocenters. The van der Waals surface area contributed by atoms with Crippen LogP contribution in [0.5, 0.6) is 5.75 Å². The largest absolute Gasteiger partial charge is 0.508 e. The normalized spacial score (nSPS) is 11.4. The quantitative estimate of drug-likeness (QED) is 0.287. The molecule has 2 aromatic heterocycles. The fraction of sp³-hybridized carbons (Fsp3) is 0.111. The van der Waals surface area contributed by atoms with Gasteiger partial charge in [0.1, 0.15) is 5.75 Å². The van der Waals surface area contributed by atoms with Gasteiger partial charge in [-0.1, -0.05) is 65.7 Å². The molecule has 36 heavy (non-hydrogen) atoms. The van der Waals surface area contributed by atoms with Gasteiger partial charge in [-0.2, -0.15) is 0 Å². The van der Waals surface area contributed by atoms with Crippen LogP contribution in [0.1, 0.15) is 34.0 Å². The second kappa shape index (κ2) is 9.26. The van der Waals surface area contributed by atoms with Crippen LogP contribution in [0.2, 0.25) is 10.0 Å². The van der Waals surface area contributed by atoms with Crippen LogP contribution in [0, 0.1) is 13.8 Å². The molecule has 5 rings (SSSR count). The Morgan fingerprint density at radius 1 is 0.694 bits per heavy atom. The number of para-hydroxylation sites is 3. The average molecular weight is 521 g/mol. The van der Waals surface area contributed by atoms with Crippen LogP contribution in [-0.4, -0.2) is 24.7 Å². The Bertz CT molecular complexity index is 1610. The Morgan fingerprint density at radius 2 is 1.11 bits per heavy atom. The molecule has 0 aliphatic rings. The number of benzene rings is 3. The fourth-order valence-corrected chi connectivity index (χ4v) is 5.03. The molecule has 0 saturated heterocycles. The number of phenolic OH excluding ortho intramolecular Hbond substituents is 1. The maximum atomic E-state index is 13.8. The molecule has 0 aliphatic heterocycles.